The molecule has 0 bridgehead atoms. The van der Waals surface area contributed by atoms with Gasteiger partial charge in [0.2, 0.25) is 5.78 Å². The van der Waals surface area contributed by atoms with Gasteiger partial charge >= 0.3 is 0 Å². The summed E-state index contributed by atoms with van der Waals surface area (Å²) in [5, 5.41) is 3.60. The number of Topliss-reactive ketones (excluding diaryl/α,β-unsaturated/α-hetero) is 1. The zero-order chi connectivity index (χ0) is 16.9. The maximum absolute atomic E-state index is 12.2. The third-order valence-corrected chi connectivity index (χ3v) is 4.25. The van der Waals surface area contributed by atoms with Gasteiger partial charge in [-0.15, -0.1) is 5.10 Å². The fourth-order valence-corrected chi connectivity index (χ4v) is 2.58. The van der Waals surface area contributed by atoms with Gasteiger partial charge in [0.1, 0.15) is 0 Å². The average Bonchev–Trinajstić information content (AvgIpc) is 2.56. The van der Waals surface area contributed by atoms with Crippen LogP contribution in [-0.2, 0) is 14.8 Å². The van der Waals surface area contributed by atoms with E-state index in [2.05, 4.69) is 5.10 Å². The van der Waals surface area contributed by atoms with Crippen LogP contribution in [-0.4, -0.2) is 27.2 Å². The van der Waals surface area contributed by atoms with Crippen LogP contribution in [0.1, 0.15) is 15.9 Å². The van der Waals surface area contributed by atoms with Crippen molar-refractivity contribution in [3.63, 3.8) is 0 Å². The molecule has 0 aliphatic rings. The number of methoxy groups -OCH3 is 1. The number of ketones is 1. The molecular formula is C16H16N2O4S. The van der Waals surface area contributed by atoms with Gasteiger partial charge in [-0.3, -0.25) is 4.79 Å². The number of ether oxygens (including phenoxy) is 1. The number of carbonyl (C=O) groups is 1. The van der Waals surface area contributed by atoms with Crippen molar-refractivity contribution in [3.05, 3.63) is 65.7 Å². The number of aryl methyl sites for hydroxylation is 1. The van der Waals surface area contributed by atoms with E-state index < -0.39 is 15.8 Å². The van der Waals surface area contributed by atoms with Crippen LogP contribution >= 0.6 is 0 Å². The Kier molecular flexibility index (Phi) is 5.13. The second-order valence-electron chi connectivity index (χ2n) is 4.72. The van der Waals surface area contributed by atoms with Gasteiger partial charge in [-0.25, -0.2) is 0 Å². The quantitative estimate of drug-likeness (QED) is 0.393. The third kappa shape index (κ3) is 4.17. The molecule has 0 saturated heterocycles. The van der Waals surface area contributed by atoms with Crippen molar-refractivity contribution >= 4 is 21.7 Å². The number of rotatable bonds is 5. The fourth-order valence-electron chi connectivity index (χ4n) is 1.77. The lowest BCUT2D eigenvalue weighted by Crippen LogP contribution is -2.25. The molecule has 2 rings (SSSR count). The van der Waals surface area contributed by atoms with Crippen LogP contribution in [0.2, 0.25) is 0 Å². The lowest BCUT2D eigenvalue weighted by Gasteiger charge is -2.07. The van der Waals surface area contributed by atoms with Gasteiger partial charge in [0, 0.05) is 5.56 Å². The van der Waals surface area contributed by atoms with Crippen molar-refractivity contribution in [2.75, 3.05) is 7.11 Å². The molecule has 1 N–H and O–H groups in total. The normalized spacial score (nSPS) is 11.8. The number of hydrogen-bond acceptors (Lipinski definition) is 5. The van der Waals surface area contributed by atoms with Crippen LogP contribution in [0.5, 0.6) is 0 Å². The summed E-state index contributed by atoms with van der Waals surface area (Å²) in [6.45, 7) is 1.85. The second-order valence-corrected chi connectivity index (χ2v) is 6.38. The molecule has 0 unspecified atom stereocenters. The summed E-state index contributed by atoms with van der Waals surface area (Å²) in [5.41, 5.74) is 1.28. The van der Waals surface area contributed by atoms with Crippen LogP contribution in [0.3, 0.4) is 0 Å². The molecule has 2 aromatic rings. The largest absolute Gasteiger partial charge is 0.477 e. The van der Waals surface area contributed by atoms with Gasteiger partial charge in [-0.2, -0.15) is 13.2 Å². The van der Waals surface area contributed by atoms with Gasteiger partial charge in [-0.05, 0) is 19.1 Å². The van der Waals surface area contributed by atoms with Crippen molar-refractivity contribution in [2.45, 2.75) is 11.8 Å². The highest BCUT2D eigenvalue weighted by molar-refractivity contribution is 7.89. The first-order valence-corrected chi connectivity index (χ1v) is 8.22. The predicted octanol–water partition coefficient (Wildman–Crippen LogP) is 2.12. The van der Waals surface area contributed by atoms with E-state index in [9.17, 15) is 13.2 Å². The Hall–Kier alpha value is -2.67. The van der Waals surface area contributed by atoms with Crippen LogP contribution in [0, 0.1) is 6.92 Å². The molecule has 120 valence electrons. The lowest BCUT2D eigenvalue weighted by atomic mass is 10.1. The van der Waals surface area contributed by atoms with Crippen LogP contribution in [0.4, 0.5) is 0 Å². The molecule has 0 aliphatic heterocycles. The van der Waals surface area contributed by atoms with Crippen molar-refractivity contribution < 1.29 is 17.9 Å². The molecule has 0 fully saturated rings. The minimum Gasteiger partial charge on any atom is -0.477 e. The number of benzene rings is 2. The molecule has 7 heteroatoms. The Morgan fingerprint density at radius 1 is 1.04 bits per heavy atom. The molecule has 0 heterocycles. The molecule has 0 aromatic heterocycles. The van der Waals surface area contributed by atoms with Gasteiger partial charge < -0.3 is 4.74 Å². The average molecular weight is 332 g/mol. The van der Waals surface area contributed by atoms with Crippen LogP contribution in [0.15, 0.2) is 64.6 Å². The van der Waals surface area contributed by atoms with Crippen LogP contribution in [0.25, 0.3) is 0 Å². The topological polar surface area (TPSA) is 84.8 Å². The number of sulfonamides is 1. The molecule has 0 radical (unpaired) electrons. The number of hydrazone groups is 1. The number of carbonyl (C=O) groups excluding carboxylic acids is 1. The minimum absolute atomic E-state index is 0.0504. The van der Waals surface area contributed by atoms with E-state index >= 15 is 0 Å². The monoisotopic (exact) mass is 332 g/mol. The predicted molar refractivity (Wildman–Crippen MR) is 86.7 cm³/mol. The first-order valence-electron chi connectivity index (χ1n) is 6.74. The lowest BCUT2D eigenvalue weighted by molar-refractivity contribution is 0.103. The Balaban J connectivity index is 2.22. The summed E-state index contributed by atoms with van der Waals surface area (Å²) >= 11 is 0. The van der Waals surface area contributed by atoms with Crippen molar-refractivity contribution in [1.82, 2.24) is 4.83 Å². The summed E-state index contributed by atoms with van der Waals surface area (Å²) in [6, 6.07) is 14.6. The summed E-state index contributed by atoms with van der Waals surface area (Å²) in [7, 11) is -2.62. The smallest absolute Gasteiger partial charge is 0.280 e. The zero-order valence-electron chi connectivity index (χ0n) is 12.7. The molecule has 2 aromatic carbocycles. The molecule has 0 amide bonds. The number of nitrogens with one attached hydrogen (secondary N) is 1. The molecule has 0 spiro atoms. The highest BCUT2D eigenvalue weighted by Gasteiger charge is 2.18. The highest BCUT2D eigenvalue weighted by Crippen LogP contribution is 2.10. The standard InChI is InChI=1S/C16H16N2O4S/c1-12-8-10-14(11-9-12)23(20,21)18-17-16(22-2)15(19)13-6-4-3-5-7-13/h3-11,18H,1-2H3. The van der Waals surface area contributed by atoms with Gasteiger partial charge in [-0.1, -0.05) is 48.0 Å². The van der Waals surface area contributed by atoms with Crippen LogP contribution < -0.4 is 4.83 Å². The zero-order valence-corrected chi connectivity index (χ0v) is 13.5. The Morgan fingerprint density at radius 2 is 1.65 bits per heavy atom. The Morgan fingerprint density at radius 3 is 2.22 bits per heavy atom. The Labute approximate surface area is 134 Å². The maximum atomic E-state index is 12.2. The second kappa shape index (κ2) is 7.06. The summed E-state index contributed by atoms with van der Waals surface area (Å²) in [4.78, 5) is 14.2. The maximum Gasteiger partial charge on any atom is 0.280 e. The van der Waals surface area contributed by atoms with E-state index in [1.807, 2.05) is 11.8 Å². The summed E-state index contributed by atoms with van der Waals surface area (Å²) < 4.78 is 29.2. The van der Waals surface area contributed by atoms with E-state index in [1.165, 1.54) is 19.2 Å². The molecule has 0 aliphatic carbocycles. The van der Waals surface area contributed by atoms with Gasteiger partial charge in [0.15, 0.2) is 0 Å². The van der Waals surface area contributed by atoms with Crippen molar-refractivity contribution in [2.24, 2.45) is 5.10 Å². The molecule has 0 atom stereocenters. The molecule has 23 heavy (non-hydrogen) atoms. The van der Waals surface area contributed by atoms with E-state index in [0.717, 1.165) is 5.56 Å². The first-order chi connectivity index (χ1) is 10.9. The Bertz CT molecular complexity index is 813. The first kappa shape index (κ1) is 16.7. The van der Waals surface area contributed by atoms with Gasteiger partial charge in [0.25, 0.3) is 15.9 Å². The molecule has 0 saturated carbocycles. The van der Waals surface area contributed by atoms with E-state index in [0.29, 0.717) is 5.56 Å². The SMILES string of the molecule is COC(=NNS(=O)(=O)c1ccc(C)cc1)C(=O)c1ccccc1. The van der Waals surface area contributed by atoms with E-state index in [-0.39, 0.29) is 10.8 Å². The molecular weight excluding hydrogens is 316 g/mol. The number of hydrogen-bond donors (Lipinski definition) is 1. The summed E-state index contributed by atoms with van der Waals surface area (Å²) in [6.07, 6.45) is 0. The molecule has 6 nitrogen and oxygen atoms in total. The van der Waals surface area contributed by atoms with Gasteiger partial charge in [0.05, 0.1) is 12.0 Å². The highest BCUT2D eigenvalue weighted by atomic mass is 32.2. The summed E-state index contributed by atoms with van der Waals surface area (Å²) in [5.74, 6) is -0.855. The van der Waals surface area contributed by atoms with Crippen molar-refractivity contribution in [3.8, 4) is 0 Å². The van der Waals surface area contributed by atoms with E-state index in [4.69, 9.17) is 4.74 Å². The van der Waals surface area contributed by atoms with Crippen molar-refractivity contribution in [1.29, 1.82) is 0 Å². The minimum atomic E-state index is -3.87. The number of nitrogens with zero attached hydrogens (tertiary/aromatic N) is 1. The fraction of sp³-hybridized carbons (Fsp3) is 0.125. The third-order valence-electron chi connectivity index (χ3n) is 3.02. The van der Waals surface area contributed by atoms with E-state index in [1.54, 1.807) is 42.5 Å².